The van der Waals surface area contributed by atoms with E-state index in [2.05, 4.69) is 20.3 Å². The standard InChI is InChI=1S/C11H10N6O3/c18-8(19)2-1-5-16-6-12-10-9(11(16)20)15-14-7-3-4-13-17(7)10/h3-4,6H,1-2,5H2,(H,18,19). The van der Waals surface area contributed by atoms with Gasteiger partial charge in [0.2, 0.25) is 0 Å². The summed E-state index contributed by atoms with van der Waals surface area (Å²) in [6.07, 6.45) is 3.26. The number of carboxylic acid groups (broad SMARTS) is 1. The Kier molecular flexibility index (Phi) is 2.86. The normalized spacial score (nSPS) is 11.2. The van der Waals surface area contributed by atoms with Crippen molar-refractivity contribution in [3.63, 3.8) is 0 Å². The predicted molar refractivity (Wildman–Crippen MR) is 67.2 cm³/mol. The van der Waals surface area contributed by atoms with Gasteiger partial charge in [-0.1, -0.05) is 0 Å². The van der Waals surface area contributed by atoms with Crippen molar-refractivity contribution in [2.24, 2.45) is 0 Å². The third kappa shape index (κ3) is 1.98. The van der Waals surface area contributed by atoms with Crippen molar-refractivity contribution in [1.82, 2.24) is 29.4 Å². The largest absolute Gasteiger partial charge is 0.481 e. The third-order valence-electron chi connectivity index (χ3n) is 2.86. The SMILES string of the molecule is O=C(O)CCCn1cnc2c(nnc3ccnn32)c1=O. The smallest absolute Gasteiger partial charge is 0.303 e. The zero-order chi connectivity index (χ0) is 14.1. The molecule has 0 aliphatic rings. The molecule has 0 aliphatic carbocycles. The fourth-order valence-electron chi connectivity index (χ4n) is 1.91. The lowest BCUT2D eigenvalue weighted by atomic mass is 10.3. The van der Waals surface area contributed by atoms with Crippen molar-refractivity contribution in [3.05, 3.63) is 28.9 Å². The van der Waals surface area contributed by atoms with Crippen LogP contribution < -0.4 is 5.56 Å². The van der Waals surface area contributed by atoms with Crippen LogP contribution in [0.25, 0.3) is 16.8 Å². The Morgan fingerprint density at radius 1 is 1.35 bits per heavy atom. The van der Waals surface area contributed by atoms with Gasteiger partial charge in [0.15, 0.2) is 16.8 Å². The molecule has 0 radical (unpaired) electrons. The van der Waals surface area contributed by atoms with Gasteiger partial charge in [-0.15, -0.1) is 10.2 Å². The molecule has 9 heteroatoms. The van der Waals surface area contributed by atoms with Crippen LogP contribution in [-0.2, 0) is 11.3 Å². The molecule has 0 spiro atoms. The van der Waals surface area contributed by atoms with Crippen molar-refractivity contribution < 1.29 is 9.90 Å². The van der Waals surface area contributed by atoms with Gasteiger partial charge in [0.1, 0.15) is 6.33 Å². The Morgan fingerprint density at radius 2 is 2.20 bits per heavy atom. The summed E-state index contributed by atoms with van der Waals surface area (Å²) in [6.45, 7) is 0.271. The fourth-order valence-corrected chi connectivity index (χ4v) is 1.91. The number of nitrogens with zero attached hydrogens (tertiary/aromatic N) is 6. The Hall–Kier alpha value is -2.84. The summed E-state index contributed by atoms with van der Waals surface area (Å²) in [5, 5.41) is 20.4. The molecule has 9 nitrogen and oxygen atoms in total. The summed E-state index contributed by atoms with van der Waals surface area (Å²) in [6, 6.07) is 1.66. The van der Waals surface area contributed by atoms with E-state index in [0.717, 1.165) is 0 Å². The van der Waals surface area contributed by atoms with E-state index in [1.54, 1.807) is 12.3 Å². The fraction of sp³-hybridized carbons (Fsp3) is 0.273. The second-order valence-electron chi connectivity index (χ2n) is 4.21. The zero-order valence-corrected chi connectivity index (χ0v) is 10.3. The van der Waals surface area contributed by atoms with Crippen LogP contribution in [0.1, 0.15) is 12.8 Å². The minimum Gasteiger partial charge on any atom is -0.481 e. The molecule has 3 aromatic rings. The summed E-state index contributed by atoms with van der Waals surface area (Å²) in [5.41, 5.74) is 0.594. The number of aliphatic carboxylic acids is 1. The van der Waals surface area contributed by atoms with E-state index in [0.29, 0.717) is 17.7 Å². The van der Waals surface area contributed by atoms with Gasteiger partial charge >= 0.3 is 5.97 Å². The maximum Gasteiger partial charge on any atom is 0.303 e. The first-order chi connectivity index (χ1) is 9.66. The van der Waals surface area contributed by atoms with Crippen molar-refractivity contribution in [2.75, 3.05) is 0 Å². The Balaban J connectivity index is 2.04. The van der Waals surface area contributed by atoms with Gasteiger partial charge in [0.25, 0.3) is 5.56 Å². The second kappa shape index (κ2) is 4.68. The monoisotopic (exact) mass is 274 g/mol. The van der Waals surface area contributed by atoms with Crippen LogP contribution in [0.2, 0.25) is 0 Å². The lowest BCUT2D eigenvalue weighted by Gasteiger charge is -2.05. The second-order valence-corrected chi connectivity index (χ2v) is 4.21. The molecule has 3 heterocycles. The highest BCUT2D eigenvalue weighted by Gasteiger charge is 2.10. The van der Waals surface area contributed by atoms with E-state index >= 15 is 0 Å². The number of aromatic nitrogens is 6. The van der Waals surface area contributed by atoms with Gasteiger partial charge < -0.3 is 5.11 Å². The van der Waals surface area contributed by atoms with E-state index in [1.165, 1.54) is 15.4 Å². The summed E-state index contributed by atoms with van der Waals surface area (Å²) in [4.78, 5) is 26.8. The molecule has 0 aliphatic heterocycles. The molecule has 1 N–H and O–H groups in total. The highest BCUT2D eigenvalue weighted by molar-refractivity contribution is 5.70. The first-order valence-corrected chi connectivity index (χ1v) is 5.94. The molecule has 3 aromatic heterocycles. The highest BCUT2D eigenvalue weighted by atomic mass is 16.4. The number of aryl methyl sites for hydroxylation is 1. The maximum absolute atomic E-state index is 12.2. The number of hydrogen-bond donors (Lipinski definition) is 1. The average molecular weight is 274 g/mol. The topological polar surface area (TPSA) is 115 Å². The van der Waals surface area contributed by atoms with Gasteiger partial charge in [-0.2, -0.15) is 9.61 Å². The Labute approximate surface area is 111 Å². The van der Waals surface area contributed by atoms with Gasteiger partial charge in [0.05, 0.1) is 6.20 Å². The molecule has 3 rings (SSSR count). The van der Waals surface area contributed by atoms with Crippen LogP contribution in [0.3, 0.4) is 0 Å². The molecule has 0 atom stereocenters. The van der Waals surface area contributed by atoms with Crippen LogP contribution in [0.4, 0.5) is 0 Å². The lowest BCUT2D eigenvalue weighted by Crippen LogP contribution is -2.23. The minimum absolute atomic E-state index is 0.00561. The van der Waals surface area contributed by atoms with Crippen LogP contribution in [0, 0.1) is 0 Å². The van der Waals surface area contributed by atoms with E-state index in [9.17, 15) is 9.59 Å². The minimum atomic E-state index is -0.898. The molecule has 102 valence electrons. The van der Waals surface area contributed by atoms with E-state index in [1.807, 2.05) is 0 Å². The van der Waals surface area contributed by atoms with Gasteiger partial charge in [-0.3, -0.25) is 14.2 Å². The van der Waals surface area contributed by atoms with Crippen LogP contribution in [-0.4, -0.2) is 40.4 Å². The van der Waals surface area contributed by atoms with E-state index < -0.39 is 5.97 Å². The van der Waals surface area contributed by atoms with Gasteiger partial charge in [-0.25, -0.2) is 4.98 Å². The number of hydrogen-bond acceptors (Lipinski definition) is 6. The molecule has 0 saturated carbocycles. The third-order valence-corrected chi connectivity index (χ3v) is 2.86. The van der Waals surface area contributed by atoms with Crippen LogP contribution in [0.15, 0.2) is 23.4 Å². The zero-order valence-electron chi connectivity index (χ0n) is 10.3. The summed E-state index contributed by atoms with van der Waals surface area (Å²) in [5.74, 6) is -0.898. The molecule has 0 saturated heterocycles. The lowest BCUT2D eigenvalue weighted by molar-refractivity contribution is -0.137. The molecule has 0 aromatic carbocycles. The van der Waals surface area contributed by atoms with Crippen molar-refractivity contribution in [2.45, 2.75) is 19.4 Å². The van der Waals surface area contributed by atoms with Crippen LogP contribution >= 0.6 is 0 Å². The van der Waals surface area contributed by atoms with Crippen LogP contribution in [0.5, 0.6) is 0 Å². The Bertz CT molecular complexity index is 852. The molecule has 20 heavy (non-hydrogen) atoms. The molecular weight excluding hydrogens is 264 g/mol. The van der Waals surface area contributed by atoms with Crippen molar-refractivity contribution >= 4 is 22.8 Å². The number of fused-ring (bicyclic) bond motifs is 3. The Morgan fingerprint density at radius 3 is 3.00 bits per heavy atom. The molecule has 0 fully saturated rings. The molecular formula is C11H10N6O3. The van der Waals surface area contributed by atoms with Gasteiger partial charge in [-0.05, 0) is 6.42 Å². The molecule has 0 bridgehead atoms. The summed E-state index contributed by atoms with van der Waals surface area (Å²) in [7, 11) is 0. The highest BCUT2D eigenvalue weighted by Crippen LogP contribution is 2.05. The number of carbonyl (C=O) groups is 1. The number of rotatable bonds is 4. The first-order valence-electron chi connectivity index (χ1n) is 5.94. The predicted octanol–water partition coefficient (Wildman–Crippen LogP) is -0.301. The van der Waals surface area contributed by atoms with Crippen molar-refractivity contribution in [1.29, 1.82) is 0 Å². The van der Waals surface area contributed by atoms with E-state index in [4.69, 9.17) is 5.11 Å². The summed E-state index contributed by atoms with van der Waals surface area (Å²) >= 11 is 0. The molecule has 0 unspecified atom stereocenters. The van der Waals surface area contributed by atoms with E-state index in [-0.39, 0.29) is 24.0 Å². The van der Waals surface area contributed by atoms with Gasteiger partial charge in [0, 0.05) is 19.0 Å². The quantitative estimate of drug-likeness (QED) is 0.694. The maximum atomic E-state index is 12.2. The molecule has 0 amide bonds. The first kappa shape index (κ1) is 12.2. The summed E-state index contributed by atoms with van der Waals surface area (Å²) < 4.78 is 2.76. The number of carboxylic acids is 1. The average Bonchev–Trinajstić information content (AvgIpc) is 2.89. The van der Waals surface area contributed by atoms with Crippen molar-refractivity contribution in [3.8, 4) is 0 Å².